The highest BCUT2D eigenvalue weighted by Gasteiger charge is 2.33. The third-order valence-electron chi connectivity index (χ3n) is 8.26. The maximum Gasteiger partial charge on any atom is 0.256 e. The first-order valence-corrected chi connectivity index (χ1v) is 16.6. The summed E-state index contributed by atoms with van der Waals surface area (Å²) in [6.07, 6.45) is 4.16. The van der Waals surface area contributed by atoms with Crippen LogP contribution in [0, 0.1) is 18.3 Å². The molecule has 3 atom stereocenters. The standard InChI is InChI=1S/C36H40N6O3S/c1-23(2)28-13-26(17-37)12-27(14-28)18-38-21-33(43)31(15-25-8-5-4-6-9-25)41-34(44)29-16-30(20-39-19-29)36(45)42-11-7-10-32(42)35-40-24(3)22-46-35/h4-6,8-9,12-14,16,19-20,22-23,31-33,38,43H,7,10-11,15,18,21H2,1-3H3,(H,41,44)/t31-,32?,33+/m0/s1. The van der Waals surface area contributed by atoms with Gasteiger partial charge in [-0.15, -0.1) is 11.3 Å². The Morgan fingerprint density at radius 1 is 1.11 bits per heavy atom. The number of aromatic nitrogens is 2. The lowest BCUT2D eigenvalue weighted by molar-refractivity contribution is 0.0735. The molecule has 0 saturated carbocycles. The van der Waals surface area contributed by atoms with Gasteiger partial charge in [0, 0.05) is 43.1 Å². The zero-order valence-electron chi connectivity index (χ0n) is 26.4. The number of nitrogens with one attached hydrogen (secondary N) is 2. The number of nitriles is 1. The van der Waals surface area contributed by atoms with E-state index >= 15 is 0 Å². The van der Waals surface area contributed by atoms with Gasteiger partial charge in [0.15, 0.2) is 0 Å². The van der Waals surface area contributed by atoms with Crippen molar-refractivity contribution < 1.29 is 14.7 Å². The quantitative estimate of drug-likeness (QED) is 0.192. The highest BCUT2D eigenvalue weighted by Crippen LogP contribution is 2.34. The molecule has 1 aliphatic heterocycles. The number of aliphatic hydroxyl groups is 1. The van der Waals surface area contributed by atoms with Gasteiger partial charge in [0.2, 0.25) is 0 Å². The van der Waals surface area contributed by atoms with E-state index in [9.17, 15) is 20.0 Å². The third-order valence-corrected chi connectivity index (χ3v) is 9.32. The number of carbonyl (C=O) groups excluding carboxylic acids is 2. The molecule has 2 aromatic carbocycles. The van der Waals surface area contributed by atoms with Crippen LogP contribution >= 0.6 is 11.3 Å². The van der Waals surface area contributed by atoms with E-state index in [-0.39, 0.29) is 30.0 Å². The van der Waals surface area contributed by atoms with Crippen LogP contribution in [0.25, 0.3) is 0 Å². The molecule has 2 amide bonds. The zero-order valence-corrected chi connectivity index (χ0v) is 27.3. The molecule has 0 radical (unpaired) electrons. The number of rotatable bonds is 12. The van der Waals surface area contributed by atoms with Crippen LogP contribution in [0.1, 0.15) is 92.3 Å². The van der Waals surface area contributed by atoms with Gasteiger partial charge in [-0.2, -0.15) is 5.26 Å². The molecular weight excluding hydrogens is 597 g/mol. The Labute approximate surface area is 274 Å². The molecule has 1 saturated heterocycles. The number of amides is 2. The van der Waals surface area contributed by atoms with Crippen molar-refractivity contribution in [3.63, 3.8) is 0 Å². The van der Waals surface area contributed by atoms with E-state index in [2.05, 4.69) is 46.6 Å². The summed E-state index contributed by atoms with van der Waals surface area (Å²) >= 11 is 1.56. The van der Waals surface area contributed by atoms with Crippen molar-refractivity contribution in [3.8, 4) is 6.07 Å². The minimum atomic E-state index is -0.919. The first-order valence-electron chi connectivity index (χ1n) is 15.7. The van der Waals surface area contributed by atoms with Gasteiger partial charge >= 0.3 is 0 Å². The molecule has 2 aromatic heterocycles. The summed E-state index contributed by atoms with van der Waals surface area (Å²) in [5, 5.41) is 30.0. The van der Waals surface area contributed by atoms with E-state index in [1.807, 2.05) is 59.7 Å². The summed E-state index contributed by atoms with van der Waals surface area (Å²) in [5.74, 6) is -0.312. The van der Waals surface area contributed by atoms with Gasteiger partial charge in [0.1, 0.15) is 5.01 Å². The normalized spacial score (nSPS) is 15.8. The smallest absolute Gasteiger partial charge is 0.256 e. The SMILES string of the molecule is Cc1csc(C2CCCN2C(=O)c2cncc(C(=O)N[C@@H](Cc3ccccc3)[C@H](O)CNCc3cc(C#N)cc(C(C)C)c3)c2)n1. The van der Waals surface area contributed by atoms with Crippen molar-refractivity contribution in [1.82, 2.24) is 25.5 Å². The monoisotopic (exact) mass is 636 g/mol. The van der Waals surface area contributed by atoms with E-state index in [0.29, 0.717) is 30.6 Å². The number of aryl methyl sites for hydroxylation is 1. The molecule has 3 N–H and O–H groups in total. The molecule has 1 aliphatic rings. The summed E-state index contributed by atoms with van der Waals surface area (Å²) in [6, 6.07) is 18.6. The average molecular weight is 637 g/mol. The van der Waals surface area contributed by atoms with Crippen LogP contribution in [0.4, 0.5) is 0 Å². The Morgan fingerprint density at radius 3 is 2.61 bits per heavy atom. The average Bonchev–Trinajstić information content (AvgIpc) is 3.73. The van der Waals surface area contributed by atoms with Crippen molar-refractivity contribution in [3.05, 3.63) is 116 Å². The predicted molar refractivity (Wildman–Crippen MR) is 178 cm³/mol. The summed E-state index contributed by atoms with van der Waals surface area (Å²) < 4.78 is 0. The van der Waals surface area contributed by atoms with Crippen LogP contribution in [0.15, 0.2) is 72.4 Å². The van der Waals surface area contributed by atoms with Crippen molar-refractivity contribution in [2.45, 2.75) is 70.7 Å². The largest absolute Gasteiger partial charge is 0.390 e. The zero-order chi connectivity index (χ0) is 32.6. The number of hydrogen-bond acceptors (Lipinski definition) is 8. The fraction of sp³-hybridized carbons (Fsp3) is 0.361. The van der Waals surface area contributed by atoms with E-state index in [1.165, 1.54) is 12.4 Å². The van der Waals surface area contributed by atoms with Gasteiger partial charge < -0.3 is 20.6 Å². The van der Waals surface area contributed by atoms with Gasteiger partial charge in [0.25, 0.3) is 11.8 Å². The highest BCUT2D eigenvalue weighted by molar-refractivity contribution is 7.09. The van der Waals surface area contributed by atoms with Crippen molar-refractivity contribution >= 4 is 23.2 Å². The summed E-state index contributed by atoms with van der Waals surface area (Å²) in [7, 11) is 0. The molecule has 46 heavy (non-hydrogen) atoms. The Morgan fingerprint density at radius 2 is 1.89 bits per heavy atom. The maximum atomic E-state index is 13.6. The summed E-state index contributed by atoms with van der Waals surface area (Å²) in [5.41, 5.74) is 5.14. The lowest BCUT2D eigenvalue weighted by Gasteiger charge is -2.25. The molecule has 238 valence electrons. The van der Waals surface area contributed by atoms with E-state index in [4.69, 9.17) is 0 Å². The van der Waals surface area contributed by atoms with Gasteiger partial charge in [-0.3, -0.25) is 14.6 Å². The second kappa shape index (κ2) is 15.2. The molecule has 0 spiro atoms. The van der Waals surface area contributed by atoms with Crippen LogP contribution in [0.3, 0.4) is 0 Å². The molecule has 0 bridgehead atoms. The van der Waals surface area contributed by atoms with Crippen molar-refractivity contribution in [2.75, 3.05) is 13.1 Å². The molecule has 0 aliphatic carbocycles. The number of benzene rings is 2. The molecule has 1 unspecified atom stereocenters. The maximum absolute atomic E-state index is 13.6. The minimum Gasteiger partial charge on any atom is -0.390 e. The number of hydrogen-bond donors (Lipinski definition) is 3. The number of nitrogens with zero attached hydrogens (tertiary/aromatic N) is 4. The first kappa shape index (κ1) is 32.9. The van der Waals surface area contributed by atoms with Crippen LogP contribution < -0.4 is 10.6 Å². The van der Waals surface area contributed by atoms with Gasteiger partial charge in [-0.05, 0) is 67.0 Å². The molecule has 10 heteroatoms. The Kier molecular flexibility index (Phi) is 10.9. The van der Waals surface area contributed by atoms with Gasteiger partial charge in [-0.1, -0.05) is 50.2 Å². The lowest BCUT2D eigenvalue weighted by Crippen LogP contribution is -2.48. The van der Waals surface area contributed by atoms with E-state index < -0.39 is 18.1 Å². The number of aliphatic hydroxyl groups excluding tert-OH is 1. The number of thiazole rings is 1. The van der Waals surface area contributed by atoms with Crippen LogP contribution in [0.5, 0.6) is 0 Å². The second-order valence-corrected chi connectivity index (χ2v) is 13.0. The van der Waals surface area contributed by atoms with Gasteiger partial charge in [0.05, 0.1) is 40.9 Å². The van der Waals surface area contributed by atoms with E-state index in [0.717, 1.165) is 40.2 Å². The number of likely N-dealkylation sites (tertiary alicyclic amines) is 1. The minimum absolute atomic E-state index is 0.0825. The fourth-order valence-corrected chi connectivity index (χ4v) is 6.71. The predicted octanol–water partition coefficient (Wildman–Crippen LogP) is 5.31. The fourth-order valence-electron chi connectivity index (χ4n) is 5.77. The van der Waals surface area contributed by atoms with Crippen LogP contribution in [-0.2, 0) is 13.0 Å². The third kappa shape index (κ3) is 8.23. The van der Waals surface area contributed by atoms with Crippen molar-refractivity contribution in [2.24, 2.45) is 0 Å². The lowest BCUT2D eigenvalue weighted by atomic mass is 9.98. The Hall–Kier alpha value is -4.43. The van der Waals surface area contributed by atoms with Gasteiger partial charge in [-0.25, -0.2) is 4.98 Å². The van der Waals surface area contributed by atoms with Crippen molar-refractivity contribution in [1.29, 1.82) is 5.26 Å². The molecule has 9 nitrogen and oxygen atoms in total. The second-order valence-electron chi connectivity index (χ2n) is 12.1. The molecule has 5 rings (SSSR count). The van der Waals surface area contributed by atoms with E-state index in [1.54, 1.807) is 17.4 Å². The molecule has 4 aromatic rings. The van der Waals surface area contributed by atoms with Crippen LogP contribution in [0.2, 0.25) is 0 Å². The van der Waals surface area contributed by atoms with Crippen LogP contribution in [-0.4, -0.2) is 57.0 Å². The molecule has 3 heterocycles. The molecule has 1 fully saturated rings. The topological polar surface area (TPSA) is 131 Å². The summed E-state index contributed by atoms with van der Waals surface area (Å²) in [6.45, 7) is 7.42. The highest BCUT2D eigenvalue weighted by atomic mass is 32.1. The number of carbonyl (C=O) groups is 2. The Bertz CT molecular complexity index is 1700. The summed E-state index contributed by atoms with van der Waals surface area (Å²) in [4.78, 5) is 37.8. The number of pyridine rings is 1. The molecular formula is C36H40N6O3S. The Balaban J connectivity index is 1.28. The first-order chi connectivity index (χ1) is 22.2.